The predicted octanol–water partition coefficient (Wildman–Crippen LogP) is 3.54. The number of anilines is 2. The Bertz CT molecular complexity index is 987. The normalized spacial score (nSPS) is 15.1. The number of benzene rings is 2. The number of fused-ring (bicyclic) bond motifs is 1. The maximum absolute atomic E-state index is 12.4. The lowest BCUT2D eigenvalue weighted by molar-refractivity contribution is 0.0949. The molecule has 0 saturated carbocycles. The minimum absolute atomic E-state index is 0.215. The van der Waals surface area contributed by atoms with Crippen LogP contribution in [0.25, 0.3) is 0 Å². The smallest absolute Gasteiger partial charge is 0.271 e. The van der Waals surface area contributed by atoms with E-state index in [-0.39, 0.29) is 5.91 Å². The first kappa shape index (κ1) is 18.9. The molecule has 0 radical (unpaired) electrons. The molecular formula is C23H24N4O2. The first-order valence-electron chi connectivity index (χ1n) is 9.76. The van der Waals surface area contributed by atoms with Gasteiger partial charge in [-0.1, -0.05) is 30.3 Å². The number of nitrogens with one attached hydrogen (secondary N) is 1. The number of methoxy groups -OCH3 is 1. The second kappa shape index (κ2) is 8.31. The third-order valence-corrected chi connectivity index (χ3v) is 5.18. The van der Waals surface area contributed by atoms with Crippen LogP contribution in [0.4, 0.5) is 11.5 Å². The van der Waals surface area contributed by atoms with Gasteiger partial charge in [0.2, 0.25) is 0 Å². The summed E-state index contributed by atoms with van der Waals surface area (Å²) in [5.41, 5.74) is 3.92. The van der Waals surface area contributed by atoms with Gasteiger partial charge in [-0.3, -0.25) is 4.79 Å². The zero-order chi connectivity index (χ0) is 20.2. The summed E-state index contributed by atoms with van der Waals surface area (Å²) >= 11 is 0. The molecule has 6 heteroatoms. The Hall–Kier alpha value is -3.41. The molecule has 1 aliphatic heterocycles. The van der Waals surface area contributed by atoms with Crippen LogP contribution in [0.2, 0.25) is 0 Å². The summed E-state index contributed by atoms with van der Waals surface area (Å²) in [5.74, 6) is 1.37. The van der Waals surface area contributed by atoms with Gasteiger partial charge in [0, 0.05) is 18.3 Å². The first-order valence-corrected chi connectivity index (χ1v) is 9.76. The fourth-order valence-electron chi connectivity index (χ4n) is 3.68. The molecule has 3 aromatic rings. The second-order valence-corrected chi connectivity index (χ2v) is 7.17. The summed E-state index contributed by atoms with van der Waals surface area (Å²) in [6.45, 7) is 2.70. The van der Waals surface area contributed by atoms with Gasteiger partial charge in [-0.05, 0) is 49.1 Å². The Balaban J connectivity index is 1.37. The molecule has 1 N–H and O–H groups in total. The molecule has 0 spiro atoms. The summed E-state index contributed by atoms with van der Waals surface area (Å²) in [5, 5.41) is 2.90. The molecule has 1 atom stereocenters. The van der Waals surface area contributed by atoms with E-state index in [1.54, 1.807) is 19.5 Å². The lowest BCUT2D eigenvalue weighted by Gasteiger charge is -2.23. The van der Waals surface area contributed by atoms with Crippen LogP contribution in [-0.4, -0.2) is 35.6 Å². The highest BCUT2D eigenvalue weighted by Crippen LogP contribution is 2.36. The fourth-order valence-corrected chi connectivity index (χ4v) is 3.68. The average molecular weight is 388 g/mol. The summed E-state index contributed by atoms with van der Waals surface area (Å²) < 4.78 is 5.15. The summed E-state index contributed by atoms with van der Waals surface area (Å²) in [6, 6.07) is 16.5. The van der Waals surface area contributed by atoms with Crippen LogP contribution in [-0.2, 0) is 12.8 Å². The van der Waals surface area contributed by atoms with Crippen LogP contribution >= 0.6 is 0 Å². The summed E-state index contributed by atoms with van der Waals surface area (Å²) in [4.78, 5) is 23.4. The molecule has 0 aliphatic carbocycles. The number of carbonyl (C=O) groups excluding carboxylic acids is 1. The highest BCUT2D eigenvalue weighted by atomic mass is 16.5. The molecule has 148 valence electrons. The molecule has 1 aliphatic rings. The summed E-state index contributed by atoms with van der Waals surface area (Å²) in [6.07, 6.45) is 4.94. The Kier molecular flexibility index (Phi) is 5.42. The van der Waals surface area contributed by atoms with E-state index in [4.69, 9.17) is 4.74 Å². The van der Waals surface area contributed by atoms with Crippen molar-refractivity contribution in [1.29, 1.82) is 0 Å². The fraction of sp³-hybridized carbons (Fsp3) is 0.261. The van der Waals surface area contributed by atoms with E-state index in [2.05, 4.69) is 45.3 Å². The highest BCUT2D eigenvalue weighted by Gasteiger charge is 2.27. The summed E-state index contributed by atoms with van der Waals surface area (Å²) in [7, 11) is 1.64. The Labute approximate surface area is 170 Å². The molecule has 4 rings (SSSR count). The van der Waals surface area contributed by atoms with Crippen molar-refractivity contribution < 1.29 is 9.53 Å². The largest absolute Gasteiger partial charge is 0.497 e. The van der Waals surface area contributed by atoms with E-state index in [0.29, 0.717) is 18.3 Å². The van der Waals surface area contributed by atoms with Gasteiger partial charge in [0.25, 0.3) is 5.91 Å². The molecular weight excluding hydrogens is 364 g/mol. The molecule has 1 aromatic heterocycles. The van der Waals surface area contributed by atoms with Crippen LogP contribution in [0.15, 0.2) is 60.9 Å². The van der Waals surface area contributed by atoms with Crippen molar-refractivity contribution >= 4 is 17.4 Å². The maximum Gasteiger partial charge on any atom is 0.271 e. The molecule has 2 aromatic carbocycles. The van der Waals surface area contributed by atoms with Gasteiger partial charge in [0.05, 0.1) is 19.5 Å². The van der Waals surface area contributed by atoms with Gasteiger partial charge in [0.1, 0.15) is 11.4 Å². The molecule has 0 saturated heterocycles. The topological polar surface area (TPSA) is 67.3 Å². The zero-order valence-corrected chi connectivity index (χ0v) is 16.6. The zero-order valence-electron chi connectivity index (χ0n) is 16.6. The van der Waals surface area contributed by atoms with E-state index in [1.807, 2.05) is 30.3 Å². The van der Waals surface area contributed by atoms with Gasteiger partial charge >= 0.3 is 0 Å². The van der Waals surface area contributed by atoms with Gasteiger partial charge in [-0.25, -0.2) is 9.97 Å². The number of hydrogen-bond donors (Lipinski definition) is 1. The molecule has 0 bridgehead atoms. The number of amides is 1. The average Bonchev–Trinajstić information content (AvgIpc) is 3.10. The van der Waals surface area contributed by atoms with Gasteiger partial charge in [-0.2, -0.15) is 0 Å². The minimum Gasteiger partial charge on any atom is -0.497 e. The number of ether oxygens (including phenoxy) is 1. The van der Waals surface area contributed by atoms with E-state index in [0.717, 1.165) is 35.7 Å². The van der Waals surface area contributed by atoms with Crippen LogP contribution in [0.1, 0.15) is 28.5 Å². The predicted molar refractivity (Wildman–Crippen MR) is 113 cm³/mol. The molecule has 29 heavy (non-hydrogen) atoms. The third kappa shape index (κ3) is 4.06. The maximum atomic E-state index is 12.4. The van der Waals surface area contributed by atoms with Gasteiger partial charge in [-0.15, -0.1) is 0 Å². The van der Waals surface area contributed by atoms with E-state index < -0.39 is 0 Å². The number of nitrogens with zero attached hydrogens (tertiary/aromatic N) is 3. The van der Waals surface area contributed by atoms with Crippen molar-refractivity contribution in [2.24, 2.45) is 0 Å². The molecule has 0 fully saturated rings. The van der Waals surface area contributed by atoms with Crippen molar-refractivity contribution in [3.63, 3.8) is 0 Å². The van der Waals surface area contributed by atoms with Crippen LogP contribution in [0.3, 0.4) is 0 Å². The molecule has 1 amide bonds. The van der Waals surface area contributed by atoms with E-state index in [1.165, 1.54) is 5.56 Å². The van der Waals surface area contributed by atoms with Gasteiger partial charge in [0.15, 0.2) is 5.82 Å². The first-order chi connectivity index (χ1) is 14.2. The monoisotopic (exact) mass is 388 g/mol. The number of rotatable bonds is 6. The molecule has 2 heterocycles. The second-order valence-electron chi connectivity index (χ2n) is 7.17. The standard InChI is InChI=1S/C23H24N4O2/c1-16-13-18-5-3-4-6-21(18)27(16)22-15-25-20(14-26-22)23(28)24-12-11-17-7-9-19(29-2)10-8-17/h3-10,14-16H,11-13H2,1-2H3,(H,24,28). The van der Waals surface area contributed by atoms with Crippen molar-refractivity contribution in [2.45, 2.75) is 25.8 Å². The van der Waals surface area contributed by atoms with E-state index in [9.17, 15) is 4.79 Å². The van der Waals surface area contributed by atoms with Crippen molar-refractivity contribution in [3.8, 4) is 5.75 Å². The van der Waals surface area contributed by atoms with Crippen LogP contribution in [0, 0.1) is 0 Å². The Morgan fingerprint density at radius 2 is 1.93 bits per heavy atom. The quantitative estimate of drug-likeness (QED) is 0.700. The highest BCUT2D eigenvalue weighted by molar-refractivity contribution is 5.92. The molecule has 1 unspecified atom stereocenters. The van der Waals surface area contributed by atoms with Crippen molar-refractivity contribution in [2.75, 3.05) is 18.6 Å². The number of para-hydroxylation sites is 1. The van der Waals surface area contributed by atoms with Gasteiger partial charge < -0.3 is 15.0 Å². The lowest BCUT2D eigenvalue weighted by atomic mass is 10.1. The van der Waals surface area contributed by atoms with Crippen LogP contribution < -0.4 is 15.0 Å². The minimum atomic E-state index is -0.215. The SMILES string of the molecule is COc1ccc(CCNC(=O)c2cnc(N3c4ccccc4CC3C)cn2)cc1. The number of hydrogen-bond acceptors (Lipinski definition) is 5. The number of carbonyl (C=O) groups is 1. The molecule has 6 nitrogen and oxygen atoms in total. The third-order valence-electron chi connectivity index (χ3n) is 5.18. The van der Waals surface area contributed by atoms with Crippen LogP contribution in [0.5, 0.6) is 5.75 Å². The Morgan fingerprint density at radius 3 is 2.66 bits per heavy atom. The lowest BCUT2D eigenvalue weighted by Crippen LogP contribution is -2.28. The Morgan fingerprint density at radius 1 is 1.14 bits per heavy atom. The number of aromatic nitrogens is 2. The van der Waals surface area contributed by atoms with E-state index >= 15 is 0 Å². The van der Waals surface area contributed by atoms with Crippen molar-refractivity contribution in [1.82, 2.24) is 15.3 Å². The van der Waals surface area contributed by atoms with Crippen molar-refractivity contribution in [3.05, 3.63) is 77.7 Å².